The molecule has 0 aromatic carbocycles. The van der Waals surface area contributed by atoms with Gasteiger partial charge in [-0.3, -0.25) is 9.88 Å². The van der Waals surface area contributed by atoms with Gasteiger partial charge in [0.1, 0.15) is 6.10 Å². The van der Waals surface area contributed by atoms with Crippen LogP contribution in [0.1, 0.15) is 26.3 Å². The molecular weight excluding hydrogens is 216 g/mol. The van der Waals surface area contributed by atoms with E-state index in [2.05, 4.69) is 18.8 Å². The molecule has 1 aliphatic rings. The Balaban J connectivity index is 2.09. The Kier molecular flexibility index (Phi) is 3.31. The largest absolute Gasteiger partial charge is 0.444 e. The first kappa shape index (κ1) is 11.9. The molecule has 1 fully saturated rings. The summed E-state index contributed by atoms with van der Waals surface area (Å²) in [4.78, 5) is 17.6. The first-order valence-corrected chi connectivity index (χ1v) is 5.95. The van der Waals surface area contributed by atoms with E-state index in [1.807, 2.05) is 19.1 Å². The van der Waals surface area contributed by atoms with E-state index in [1.54, 1.807) is 17.3 Å². The Labute approximate surface area is 102 Å². The van der Waals surface area contributed by atoms with Gasteiger partial charge in [0.15, 0.2) is 0 Å². The summed E-state index contributed by atoms with van der Waals surface area (Å²) < 4.78 is 5.39. The lowest BCUT2D eigenvalue weighted by atomic mass is 10.0. The van der Waals surface area contributed by atoms with Crippen LogP contribution in [0.3, 0.4) is 0 Å². The topological polar surface area (TPSA) is 42.4 Å². The van der Waals surface area contributed by atoms with Gasteiger partial charge in [-0.25, -0.2) is 4.79 Å². The van der Waals surface area contributed by atoms with Crippen LogP contribution in [0, 0.1) is 5.92 Å². The van der Waals surface area contributed by atoms with Gasteiger partial charge in [-0.2, -0.15) is 0 Å². The highest BCUT2D eigenvalue weighted by atomic mass is 16.6. The molecule has 2 rings (SSSR count). The SMILES string of the molecule is CC(C)[C@H]1OC(=O)N(Cc2cccnc2)[C@@H]1C. The summed E-state index contributed by atoms with van der Waals surface area (Å²) in [6, 6.07) is 3.96. The van der Waals surface area contributed by atoms with Crippen LogP contribution in [-0.2, 0) is 11.3 Å². The number of ether oxygens (including phenoxy) is 1. The van der Waals surface area contributed by atoms with E-state index < -0.39 is 0 Å². The fraction of sp³-hybridized carbons (Fsp3) is 0.538. The second-order valence-corrected chi connectivity index (χ2v) is 4.82. The number of cyclic esters (lactones) is 1. The van der Waals surface area contributed by atoms with Crippen molar-refractivity contribution in [3.8, 4) is 0 Å². The van der Waals surface area contributed by atoms with E-state index in [0.29, 0.717) is 12.5 Å². The van der Waals surface area contributed by atoms with Gasteiger partial charge in [0.2, 0.25) is 0 Å². The Morgan fingerprint density at radius 1 is 1.53 bits per heavy atom. The number of hydrogen-bond acceptors (Lipinski definition) is 3. The standard InChI is InChI=1S/C13H18N2O2/c1-9(2)12-10(3)15(13(16)17-12)8-11-5-4-6-14-7-11/h4-7,9-10,12H,8H2,1-3H3/t10-,12-/m1/s1. The normalized spacial score (nSPS) is 24.2. The van der Waals surface area contributed by atoms with Crippen molar-refractivity contribution in [2.75, 3.05) is 0 Å². The molecule has 2 atom stereocenters. The molecule has 0 radical (unpaired) electrons. The summed E-state index contributed by atoms with van der Waals surface area (Å²) in [6.07, 6.45) is 3.27. The number of hydrogen-bond donors (Lipinski definition) is 0. The highest BCUT2D eigenvalue weighted by Crippen LogP contribution is 2.26. The van der Waals surface area contributed by atoms with Gasteiger partial charge in [0.25, 0.3) is 0 Å². The minimum absolute atomic E-state index is 0.0147. The third-order valence-corrected chi connectivity index (χ3v) is 3.17. The van der Waals surface area contributed by atoms with Crippen molar-refractivity contribution in [3.63, 3.8) is 0 Å². The van der Waals surface area contributed by atoms with Gasteiger partial charge >= 0.3 is 6.09 Å². The molecule has 0 N–H and O–H groups in total. The average Bonchev–Trinajstić information content (AvgIpc) is 2.58. The maximum absolute atomic E-state index is 11.8. The summed E-state index contributed by atoms with van der Waals surface area (Å²) >= 11 is 0. The van der Waals surface area contributed by atoms with Crippen molar-refractivity contribution in [3.05, 3.63) is 30.1 Å². The lowest BCUT2D eigenvalue weighted by molar-refractivity contribution is 0.104. The lowest BCUT2D eigenvalue weighted by Crippen LogP contribution is -2.35. The summed E-state index contributed by atoms with van der Waals surface area (Å²) in [5.41, 5.74) is 1.03. The molecule has 1 aromatic rings. The van der Waals surface area contributed by atoms with E-state index >= 15 is 0 Å². The molecule has 0 bridgehead atoms. The number of rotatable bonds is 3. The lowest BCUT2D eigenvalue weighted by Gasteiger charge is -2.22. The number of carbonyl (C=O) groups is 1. The van der Waals surface area contributed by atoms with Crippen molar-refractivity contribution < 1.29 is 9.53 Å². The first-order chi connectivity index (χ1) is 8.09. The zero-order valence-electron chi connectivity index (χ0n) is 10.5. The molecule has 1 saturated heterocycles. The van der Waals surface area contributed by atoms with Crippen molar-refractivity contribution >= 4 is 6.09 Å². The summed E-state index contributed by atoms with van der Waals surface area (Å²) in [5.74, 6) is 0.341. The van der Waals surface area contributed by atoms with Gasteiger partial charge in [-0.15, -0.1) is 0 Å². The zero-order valence-corrected chi connectivity index (χ0v) is 10.5. The van der Waals surface area contributed by atoms with Crippen molar-refractivity contribution in [2.24, 2.45) is 5.92 Å². The second-order valence-electron chi connectivity index (χ2n) is 4.82. The van der Waals surface area contributed by atoms with Gasteiger partial charge in [-0.1, -0.05) is 19.9 Å². The minimum Gasteiger partial charge on any atom is -0.444 e. The molecule has 4 heteroatoms. The molecule has 1 aliphatic heterocycles. The number of pyridine rings is 1. The Morgan fingerprint density at radius 2 is 2.29 bits per heavy atom. The number of nitrogens with zero attached hydrogens (tertiary/aromatic N) is 2. The fourth-order valence-corrected chi connectivity index (χ4v) is 2.22. The van der Waals surface area contributed by atoms with E-state index in [4.69, 9.17) is 4.74 Å². The zero-order chi connectivity index (χ0) is 12.4. The molecule has 92 valence electrons. The quantitative estimate of drug-likeness (QED) is 0.806. The average molecular weight is 234 g/mol. The monoisotopic (exact) mass is 234 g/mol. The third kappa shape index (κ3) is 2.40. The minimum atomic E-state index is -0.222. The Hall–Kier alpha value is -1.58. The Morgan fingerprint density at radius 3 is 2.82 bits per heavy atom. The number of aromatic nitrogens is 1. The maximum Gasteiger partial charge on any atom is 0.410 e. The molecule has 4 nitrogen and oxygen atoms in total. The van der Waals surface area contributed by atoms with E-state index in [9.17, 15) is 4.79 Å². The molecule has 2 heterocycles. The second kappa shape index (κ2) is 4.73. The van der Waals surface area contributed by atoms with Crippen LogP contribution in [0.2, 0.25) is 0 Å². The molecule has 1 amide bonds. The molecule has 17 heavy (non-hydrogen) atoms. The van der Waals surface area contributed by atoms with Crippen molar-refractivity contribution in [1.29, 1.82) is 0 Å². The number of carbonyl (C=O) groups excluding carboxylic acids is 1. The highest BCUT2D eigenvalue weighted by molar-refractivity contribution is 5.70. The van der Waals surface area contributed by atoms with Crippen molar-refractivity contribution in [1.82, 2.24) is 9.88 Å². The predicted octanol–water partition coefficient (Wildman–Crippen LogP) is 2.45. The van der Waals surface area contributed by atoms with Crippen molar-refractivity contribution in [2.45, 2.75) is 39.5 Å². The van der Waals surface area contributed by atoms with Crippen LogP contribution in [-0.4, -0.2) is 28.1 Å². The van der Waals surface area contributed by atoms with Crippen LogP contribution in [0.15, 0.2) is 24.5 Å². The molecule has 0 unspecified atom stereocenters. The van der Waals surface area contributed by atoms with E-state index in [1.165, 1.54) is 0 Å². The fourth-order valence-electron chi connectivity index (χ4n) is 2.22. The smallest absolute Gasteiger partial charge is 0.410 e. The summed E-state index contributed by atoms with van der Waals surface area (Å²) in [5, 5.41) is 0. The highest BCUT2D eigenvalue weighted by Gasteiger charge is 2.40. The molecular formula is C13H18N2O2. The van der Waals surface area contributed by atoms with Crippen LogP contribution in [0.5, 0.6) is 0 Å². The molecule has 0 spiro atoms. The predicted molar refractivity (Wildman–Crippen MR) is 64.3 cm³/mol. The van der Waals surface area contributed by atoms with Crippen LogP contribution in [0.4, 0.5) is 4.79 Å². The van der Waals surface area contributed by atoms with Crippen LogP contribution < -0.4 is 0 Å². The van der Waals surface area contributed by atoms with Crippen LogP contribution in [0.25, 0.3) is 0 Å². The maximum atomic E-state index is 11.8. The van der Waals surface area contributed by atoms with Gasteiger partial charge < -0.3 is 4.74 Å². The summed E-state index contributed by atoms with van der Waals surface area (Å²) in [7, 11) is 0. The van der Waals surface area contributed by atoms with Crippen LogP contribution >= 0.6 is 0 Å². The summed E-state index contributed by atoms with van der Waals surface area (Å²) in [6.45, 7) is 6.74. The van der Waals surface area contributed by atoms with Gasteiger partial charge in [0, 0.05) is 12.4 Å². The van der Waals surface area contributed by atoms with Gasteiger partial charge in [-0.05, 0) is 24.5 Å². The Bertz CT molecular complexity index is 392. The van der Waals surface area contributed by atoms with E-state index in [-0.39, 0.29) is 18.2 Å². The number of amides is 1. The molecule has 1 aromatic heterocycles. The van der Waals surface area contributed by atoms with E-state index in [0.717, 1.165) is 5.56 Å². The third-order valence-electron chi connectivity index (χ3n) is 3.17. The molecule has 0 aliphatic carbocycles. The molecule has 0 saturated carbocycles. The first-order valence-electron chi connectivity index (χ1n) is 5.95. The van der Waals surface area contributed by atoms with Gasteiger partial charge in [0.05, 0.1) is 12.6 Å².